The standard InChI is InChI=1S/C14H19N3O3S/c1-15-21(18,19)14-9-8-11(20-14)10-16-12-6-4-5-7-13(12)17(2)3/h4-9,15-16H,10H2,1-3H3. The van der Waals surface area contributed by atoms with Gasteiger partial charge in [0.1, 0.15) is 5.76 Å². The van der Waals surface area contributed by atoms with Crippen LogP contribution in [0.3, 0.4) is 0 Å². The zero-order chi connectivity index (χ0) is 15.5. The van der Waals surface area contributed by atoms with Crippen LogP contribution in [0.15, 0.2) is 45.9 Å². The number of nitrogens with zero attached hydrogens (tertiary/aromatic N) is 1. The summed E-state index contributed by atoms with van der Waals surface area (Å²) in [5, 5.41) is 3.16. The molecule has 1 aromatic heterocycles. The van der Waals surface area contributed by atoms with Crippen molar-refractivity contribution in [2.75, 3.05) is 31.4 Å². The number of furan rings is 1. The molecule has 0 aliphatic carbocycles. The van der Waals surface area contributed by atoms with Crippen molar-refractivity contribution in [1.29, 1.82) is 0 Å². The molecule has 21 heavy (non-hydrogen) atoms. The Balaban J connectivity index is 2.11. The van der Waals surface area contributed by atoms with Gasteiger partial charge in [-0.05, 0) is 31.3 Å². The number of sulfonamides is 1. The van der Waals surface area contributed by atoms with E-state index in [1.165, 1.54) is 13.1 Å². The van der Waals surface area contributed by atoms with Crippen LogP contribution in [0.2, 0.25) is 0 Å². The molecule has 2 N–H and O–H groups in total. The second-order valence-electron chi connectivity index (χ2n) is 4.69. The van der Waals surface area contributed by atoms with Crippen molar-refractivity contribution < 1.29 is 12.8 Å². The topological polar surface area (TPSA) is 74.6 Å². The van der Waals surface area contributed by atoms with E-state index >= 15 is 0 Å². The Hall–Kier alpha value is -1.99. The molecule has 6 nitrogen and oxygen atoms in total. The molecule has 1 aromatic carbocycles. The van der Waals surface area contributed by atoms with E-state index in [0.29, 0.717) is 12.3 Å². The summed E-state index contributed by atoms with van der Waals surface area (Å²) in [6, 6.07) is 11.0. The molecule has 0 aliphatic heterocycles. The van der Waals surface area contributed by atoms with Gasteiger partial charge in [-0.25, -0.2) is 13.1 Å². The monoisotopic (exact) mass is 309 g/mol. The molecule has 114 valence electrons. The Labute approximate surface area is 124 Å². The summed E-state index contributed by atoms with van der Waals surface area (Å²) < 4.78 is 30.8. The third-order valence-corrected chi connectivity index (χ3v) is 4.30. The largest absolute Gasteiger partial charge is 0.446 e. The van der Waals surface area contributed by atoms with Crippen molar-refractivity contribution in [2.24, 2.45) is 0 Å². The van der Waals surface area contributed by atoms with Gasteiger partial charge >= 0.3 is 0 Å². The van der Waals surface area contributed by atoms with Crippen LogP contribution in [0.4, 0.5) is 11.4 Å². The van der Waals surface area contributed by atoms with Gasteiger partial charge in [0.15, 0.2) is 0 Å². The number of hydrogen-bond acceptors (Lipinski definition) is 5. The quantitative estimate of drug-likeness (QED) is 0.852. The lowest BCUT2D eigenvalue weighted by molar-refractivity contribution is 0.417. The van der Waals surface area contributed by atoms with E-state index < -0.39 is 10.0 Å². The lowest BCUT2D eigenvalue weighted by Crippen LogP contribution is -2.17. The average Bonchev–Trinajstić information content (AvgIpc) is 2.95. The molecule has 2 rings (SSSR count). The molecular formula is C14H19N3O3S. The Bertz CT molecular complexity index is 708. The van der Waals surface area contributed by atoms with Crippen LogP contribution >= 0.6 is 0 Å². The van der Waals surface area contributed by atoms with Gasteiger partial charge in [0, 0.05) is 14.1 Å². The average molecular weight is 309 g/mol. The number of hydrogen-bond donors (Lipinski definition) is 2. The highest BCUT2D eigenvalue weighted by molar-refractivity contribution is 7.89. The van der Waals surface area contributed by atoms with Crippen molar-refractivity contribution in [1.82, 2.24) is 4.72 Å². The van der Waals surface area contributed by atoms with Crippen LogP contribution in [0.5, 0.6) is 0 Å². The summed E-state index contributed by atoms with van der Waals surface area (Å²) in [4.78, 5) is 2.00. The number of nitrogens with one attached hydrogen (secondary N) is 2. The van der Waals surface area contributed by atoms with E-state index in [-0.39, 0.29) is 5.09 Å². The number of benzene rings is 1. The first-order valence-corrected chi connectivity index (χ1v) is 7.95. The van der Waals surface area contributed by atoms with E-state index in [4.69, 9.17) is 4.42 Å². The number of para-hydroxylation sites is 2. The fourth-order valence-corrected chi connectivity index (χ4v) is 2.56. The maximum absolute atomic E-state index is 11.6. The lowest BCUT2D eigenvalue weighted by Gasteiger charge is -2.17. The van der Waals surface area contributed by atoms with Gasteiger partial charge in [0.05, 0.1) is 17.9 Å². The van der Waals surface area contributed by atoms with E-state index in [9.17, 15) is 8.42 Å². The molecule has 2 aromatic rings. The predicted octanol–water partition coefficient (Wildman–Crippen LogP) is 1.87. The van der Waals surface area contributed by atoms with Crippen LogP contribution in [0.1, 0.15) is 5.76 Å². The fourth-order valence-electron chi connectivity index (χ4n) is 1.89. The van der Waals surface area contributed by atoms with Crippen molar-refractivity contribution in [3.05, 3.63) is 42.2 Å². The van der Waals surface area contributed by atoms with Gasteiger partial charge in [0.25, 0.3) is 10.0 Å². The van der Waals surface area contributed by atoms with Crippen molar-refractivity contribution in [2.45, 2.75) is 11.6 Å². The first kappa shape index (κ1) is 15.4. The SMILES string of the molecule is CNS(=O)(=O)c1ccc(CNc2ccccc2N(C)C)o1. The molecule has 0 spiro atoms. The Morgan fingerprint density at radius 3 is 2.52 bits per heavy atom. The smallest absolute Gasteiger partial charge is 0.273 e. The maximum Gasteiger partial charge on any atom is 0.273 e. The first-order valence-electron chi connectivity index (χ1n) is 6.46. The van der Waals surface area contributed by atoms with E-state index in [1.54, 1.807) is 6.07 Å². The number of anilines is 2. The Morgan fingerprint density at radius 2 is 1.86 bits per heavy atom. The molecular weight excluding hydrogens is 290 g/mol. The van der Waals surface area contributed by atoms with Crippen LogP contribution < -0.4 is 14.9 Å². The Morgan fingerprint density at radius 1 is 1.14 bits per heavy atom. The second-order valence-corrected chi connectivity index (χ2v) is 6.51. The third-order valence-electron chi connectivity index (χ3n) is 3.01. The zero-order valence-electron chi connectivity index (χ0n) is 12.3. The molecule has 0 bridgehead atoms. The minimum absolute atomic E-state index is 0.0808. The molecule has 0 saturated carbocycles. The summed E-state index contributed by atoms with van der Waals surface area (Å²) in [5.41, 5.74) is 2.00. The van der Waals surface area contributed by atoms with Crippen LogP contribution in [-0.4, -0.2) is 29.6 Å². The van der Waals surface area contributed by atoms with E-state index in [0.717, 1.165) is 11.4 Å². The molecule has 0 radical (unpaired) electrons. The van der Waals surface area contributed by atoms with Gasteiger partial charge < -0.3 is 14.6 Å². The van der Waals surface area contributed by atoms with E-state index in [2.05, 4.69) is 10.0 Å². The molecule has 7 heteroatoms. The van der Waals surface area contributed by atoms with Gasteiger partial charge in [0.2, 0.25) is 5.09 Å². The van der Waals surface area contributed by atoms with Crippen molar-refractivity contribution in [3.8, 4) is 0 Å². The fraction of sp³-hybridized carbons (Fsp3) is 0.286. The third kappa shape index (κ3) is 3.56. The highest BCUT2D eigenvalue weighted by Gasteiger charge is 2.16. The lowest BCUT2D eigenvalue weighted by atomic mass is 10.2. The highest BCUT2D eigenvalue weighted by Crippen LogP contribution is 2.24. The molecule has 0 unspecified atom stereocenters. The maximum atomic E-state index is 11.6. The Kier molecular flexibility index (Phi) is 4.54. The molecule has 0 saturated heterocycles. The van der Waals surface area contributed by atoms with Gasteiger partial charge in [-0.3, -0.25) is 0 Å². The predicted molar refractivity (Wildman–Crippen MR) is 83.0 cm³/mol. The van der Waals surface area contributed by atoms with Crippen molar-refractivity contribution >= 4 is 21.4 Å². The van der Waals surface area contributed by atoms with Gasteiger partial charge in [-0.2, -0.15) is 0 Å². The van der Waals surface area contributed by atoms with Crippen LogP contribution in [0.25, 0.3) is 0 Å². The van der Waals surface area contributed by atoms with E-state index in [1.807, 2.05) is 43.3 Å². The van der Waals surface area contributed by atoms with Gasteiger partial charge in [-0.1, -0.05) is 12.1 Å². The molecule has 0 amide bonds. The van der Waals surface area contributed by atoms with Crippen LogP contribution in [-0.2, 0) is 16.6 Å². The summed E-state index contributed by atoms with van der Waals surface area (Å²) >= 11 is 0. The summed E-state index contributed by atoms with van der Waals surface area (Å²) in [5.74, 6) is 0.553. The molecule has 0 aliphatic rings. The molecule has 1 heterocycles. The van der Waals surface area contributed by atoms with Crippen molar-refractivity contribution in [3.63, 3.8) is 0 Å². The second kappa shape index (κ2) is 6.19. The minimum atomic E-state index is -3.53. The summed E-state index contributed by atoms with van der Waals surface area (Å²) in [6.45, 7) is 0.407. The normalized spacial score (nSPS) is 11.4. The number of rotatable bonds is 6. The molecule has 0 atom stereocenters. The zero-order valence-corrected chi connectivity index (χ0v) is 13.1. The minimum Gasteiger partial charge on any atom is -0.446 e. The first-order chi connectivity index (χ1) is 9.94. The molecule has 0 fully saturated rings. The summed E-state index contributed by atoms with van der Waals surface area (Å²) in [6.07, 6.45) is 0. The highest BCUT2D eigenvalue weighted by atomic mass is 32.2. The van der Waals surface area contributed by atoms with Crippen LogP contribution in [0, 0.1) is 0 Å². The summed E-state index contributed by atoms with van der Waals surface area (Å²) in [7, 11) is 1.74. The van der Waals surface area contributed by atoms with Gasteiger partial charge in [-0.15, -0.1) is 0 Å².